The zero-order valence-corrected chi connectivity index (χ0v) is 27.6. The van der Waals surface area contributed by atoms with Crippen LogP contribution in [0.1, 0.15) is 57.3 Å². The number of rotatable bonds is 9. The van der Waals surface area contributed by atoms with Crippen molar-refractivity contribution in [1.29, 1.82) is 0 Å². The fourth-order valence-electron chi connectivity index (χ4n) is 5.84. The van der Waals surface area contributed by atoms with Crippen LogP contribution in [0.4, 0.5) is 17.3 Å². The highest BCUT2D eigenvalue weighted by molar-refractivity contribution is 6.31. The first-order valence-corrected chi connectivity index (χ1v) is 15.7. The molecule has 4 heterocycles. The molecule has 0 saturated carbocycles. The van der Waals surface area contributed by atoms with E-state index in [-0.39, 0.29) is 46.6 Å². The van der Waals surface area contributed by atoms with Crippen molar-refractivity contribution >= 4 is 57.7 Å². The van der Waals surface area contributed by atoms with Crippen LogP contribution in [0, 0.1) is 0 Å². The average Bonchev–Trinajstić information content (AvgIpc) is 3.35. The summed E-state index contributed by atoms with van der Waals surface area (Å²) < 4.78 is 4.22. The summed E-state index contributed by atoms with van der Waals surface area (Å²) in [6.45, 7) is 6.88. The van der Waals surface area contributed by atoms with Crippen molar-refractivity contribution in [2.45, 2.75) is 39.9 Å². The molecule has 1 aliphatic rings. The number of pyridine rings is 1. The number of aromatic nitrogens is 5. The smallest absolute Gasteiger partial charge is 0.277 e. The Balaban J connectivity index is 1.44. The Morgan fingerprint density at radius 1 is 1.00 bits per heavy atom. The number of hydrogen-bond donors (Lipinski definition) is 4. The quantitative estimate of drug-likeness (QED) is 0.191. The molecule has 248 valence electrons. The number of benzene rings is 1. The molecule has 1 aliphatic heterocycles. The minimum absolute atomic E-state index is 0.0593. The van der Waals surface area contributed by atoms with Gasteiger partial charge in [0.25, 0.3) is 23.5 Å². The van der Waals surface area contributed by atoms with Gasteiger partial charge in [0, 0.05) is 58.6 Å². The van der Waals surface area contributed by atoms with E-state index in [0.717, 1.165) is 29.0 Å². The molecule has 0 atom stereocenters. The van der Waals surface area contributed by atoms with Crippen molar-refractivity contribution in [2.24, 2.45) is 0 Å². The van der Waals surface area contributed by atoms with Gasteiger partial charge in [-0.05, 0) is 19.4 Å². The fourth-order valence-corrected chi connectivity index (χ4v) is 5.97. The first-order chi connectivity index (χ1) is 22.4. The summed E-state index contributed by atoms with van der Waals surface area (Å²) in [7, 11) is 3.78. The number of aromatic hydroxyl groups is 1. The van der Waals surface area contributed by atoms with Gasteiger partial charge in [-0.15, -0.1) is 0 Å². The molecular weight excluding hydrogens is 626 g/mol. The van der Waals surface area contributed by atoms with E-state index >= 15 is 0 Å². The van der Waals surface area contributed by atoms with Crippen LogP contribution in [0.15, 0.2) is 30.6 Å². The average molecular weight is 665 g/mol. The Bertz CT molecular complexity index is 1850. The lowest BCUT2D eigenvalue weighted by molar-refractivity contribution is -0.680. The van der Waals surface area contributed by atoms with Crippen molar-refractivity contribution in [2.75, 3.05) is 56.6 Å². The molecule has 5 rings (SSSR count). The maximum absolute atomic E-state index is 14.1. The molecule has 4 aromatic rings. The van der Waals surface area contributed by atoms with E-state index in [0.29, 0.717) is 50.4 Å². The van der Waals surface area contributed by atoms with Crippen molar-refractivity contribution in [3.63, 3.8) is 0 Å². The van der Waals surface area contributed by atoms with Crippen molar-refractivity contribution in [3.8, 4) is 5.75 Å². The summed E-state index contributed by atoms with van der Waals surface area (Å²) in [5.41, 5.74) is 14.8. The van der Waals surface area contributed by atoms with Gasteiger partial charge in [0.2, 0.25) is 0 Å². The van der Waals surface area contributed by atoms with Gasteiger partial charge >= 0.3 is 0 Å². The minimum Gasteiger partial charge on any atom is -0.506 e. The van der Waals surface area contributed by atoms with E-state index in [1.165, 1.54) is 18.5 Å². The third kappa shape index (κ3) is 6.56. The number of fused-ring (bicyclic) bond motifs is 1. The maximum Gasteiger partial charge on any atom is 0.277 e. The summed E-state index contributed by atoms with van der Waals surface area (Å²) in [5, 5.41) is 12.5. The number of nitrogen functional groups attached to an aromatic ring is 2. The first-order valence-electron chi connectivity index (χ1n) is 15.3. The van der Waals surface area contributed by atoms with Gasteiger partial charge in [-0.1, -0.05) is 18.5 Å². The highest BCUT2D eigenvalue weighted by atomic mass is 35.5. The Morgan fingerprint density at radius 3 is 2.30 bits per heavy atom. The molecule has 3 aromatic heterocycles. The number of piperazine rings is 1. The largest absolute Gasteiger partial charge is 0.506 e. The third-order valence-corrected chi connectivity index (χ3v) is 8.40. The van der Waals surface area contributed by atoms with Crippen LogP contribution in [0.5, 0.6) is 5.75 Å². The van der Waals surface area contributed by atoms with E-state index in [1.807, 2.05) is 38.1 Å². The van der Waals surface area contributed by atoms with Gasteiger partial charge < -0.3 is 36.6 Å². The number of halogens is 1. The van der Waals surface area contributed by atoms with Crippen LogP contribution >= 0.6 is 11.6 Å². The summed E-state index contributed by atoms with van der Waals surface area (Å²) >= 11 is 6.00. The Hall–Kier alpha value is -5.18. The first kappa shape index (κ1) is 33.2. The van der Waals surface area contributed by atoms with Gasteiger partial charge in [0.05, 0.1) is 36.1 Å². The molecule has 47 heavy (non-hydrogen) atoms. The minimum atomic E-state index is -0.546. The fraction of sp³-hybridized carbons (Fsp3) is 0.387. The van der Waals surface area contributed by atoms with Crippen molar-refractivity contribution in [1.82, 2.24) is 34.6 Å². The Morgan fingerprint density at radius 2 is 1.68 bits per heavy atom. The molecule has 3 amide bonds. The lowest BCUT2D eigenvalue weighted by Gasteiger charge is -2.35. The molecular formula is C31H39ClN11O4+. The second-order valence-electron chi connectivity index (χ2n) is 11.4. The van der Waals surface area contributed by atoms with E-state index in [1.54, 1.807) is 9.80 Å². The van der Waals surface area contributed by atoms with Crippen LogP contribution < -0.4 is 26.3 Å². The summed E-state index contributed by atoms with van der Waals surface area (Å²) in [4.78, 5) is 57.3. The molecule has 1 saturated heterocycles. The number of imidazole rings is 1. The number of anilines is 3. The van der Waals surface area contributed by atoms with Crippen LogP contribution in [-0.2, 0) is 19.6 Å². The highest BCUT2D eigenvalue weighted by Crippen LogP contribution is 2.28. The number of carbonyl (C=O) groups is 3. The topological polar surface area (TPSA) is 193 Å². The Labute approximate surface area is 276 Å². The predicted octanol–water partition coefficient (Wildman–Crippen LogP) is 1.66. The maximum atomic E-state index is 14.1. The van der Waals surface area contributed by atoms with E-state index in [4.69, 9.17) is 23.1 Å². The van der Waals surface area contributed by atoms with E-state index < -0.39 is 5.91 Å². The summed E-state index contributed by atoms with van der Waals surface area (Å²) in [5.74, 6) is -0.366. The van der Waals surface area contributed by atoms with E-state index in [2.05, 4.69) is 36.3 Å². The third-order valence-electron chi connectivity index (χ3n) is 8.13. The number of aryl methyl sites for hydroxylation is 2. The van der Waals surface area contributed by atoms with Crippen LogP contribution in [0.3, 0.4) is 0 Å². The molecule has 0 aliphatic carbocycles. The van der Waals surface area contributed by atoms with E-state index in [9.17, 15) is 19.5 Å². The molecule has 0 unspecified atom stereocenters. The monoisotopic (exact) mass is 664 g/mol. The SMILES string of the molecule is CCC[n+]1c(CNC(=O)c2nc(Cl)c(N)nc2N)n(CC)c2cc(C(=O)N3CCN(C(=O)c4cncc(O)c4)CC3)c(N(C)C)cc21. The Kier molecular flexibility index (Phi) is 9.65. The lowest BCUT2D eigenvalue weighted by atomic mass is 10.1. The second kappa shape index (κ2) is 13.7. The number of hydrogen-bond acceptors (Lipinski definition) is 10. The second-order valence-corrected chi connectivity index (χ2v) is 11.8. The summed E-state index contributed by atoms with van der Waals surface area (Å²) in [6, 6.07) is 5.30. The van der Waals surface area contributed by atoms with Gasteiger partial charge in [0.1, 0.15) is 12.3 Å². The van der Waals surface area contributed by atoms with Crippen LogP contribution in [0.2, 0.25) is 5.15 Å². The number of carbonyl (C=O) groups excluding carboxylic acids is 3. The predicted molar refractivity (Wildman–Crippen MR) is 177 cm³/mol. The molecule has 0 bridgehead atoms. The van der Waals surface area contributed by atoms with Crippen LogP contribution in [0.25, 0.3) is 11.0 Å². The zero-order valence-electron chi connectivity index (χ0n) is 26.8. The molecule has 15 nitrogen and oxygen atoms in total. The highest BCUT2D eigenvalue weighted by Gasteiger charge is 2.31. The van der Waals surface area contributed by atoms with Crippen molar-refractivity contribution < 1.29 is 24.1 Å². The molecule has 0 radical (unpaired) electrons. The van der Waals surface area contributed by atoms with Gasteiger partial charge in [-0.2, -0.15) is 0 Å². The molecule has 0 spiro atoms. The van der Waals surface area contributed by atoms with Gasteiger partial charge in [0.15, 0.2) is 33.5 Å². The lowest BCUT2D eigenvalue weighted by Crippen LogP contribution is -2.50. The van der Waals surface area contributed by atoms with Gasteiger partial charge in [-0.25, -0.2) is 19.1 Å². The van der Waals surface area contributed by atoms with Crippen molar-refractivity contribution in [3.05, 3.63) is 58.4 Å². The molecule has 1 aromatic carbocycles. The molecule has 1 fully saturated rings. The zero-order chi connectivity index (χ0) is 34.0. The molecule has 16 heteroatoms. The summed E-state index contributed by atoms with van der Waals surface area (Å²) in [6.07, 6.45) is 3.52. The number of nitrogens with zero attached hydrogens (tertiary/aromatic N) is 8. The van der Waals surface area contributed by atoms with Gasteiger partial charge in [-0.3, -0.25) is 19.4 Å². The number of nitrogens with two attached hydrogens (primary N) is 2. The normalized spacial score (nSPS) is 13.2. The standard InChI is InChI=1S/C31H38ClN11O4/c1-5-7-43-23-14-21(39(3)4)20(31(47)41-10-8-40(9-11-41)30(46)18-12-19(44)16-35-15-18)13-22(23)42(6-2)24(43)17-36-29(45)25-27(33)38-28(34)26(32)37-25/h12-16H,5-11,17H2,1-4H3,(H5-,33,34,36,38,44,45)/p+1. The number of nitrogens with one attached hydrogen (secondary N) is 1. The molecule has 6 N–H and O–H groups in total. The number of amides is 3. The van der Waals surface area contributed by atoms with Crippen LogP contribution in [-0.4, -0.2) is 92.4 Å².